The Balaban J connectivity index is 1.95. The summed E-state index contributed by atoms with van der Waals surface area (Å²) in [6.45, 7) is 3.04. The first-order valence-electron chi connectivity index (χ1n) is 9.72. The molecule has 0 radical (unpaired) electrons. The summed E-state index contributed by atoms with van der Waals surface area (Å²) in [5.41, 5.74) is 5.53. The van der Waals surface area contributed by atoms with Crippen LogP contribution in [0.5, 0.6) is 0 Å². The number of carbonyl (C=O) groups is 1. The Kier molecular flexibility index (Phi) is 7.08. The molecule has 0 spiro atoms. The first kappa shape index (κ1) is 24.6. The van der Waals surface area contributed by atoms with E-state index in [1.165, 1.54) is 24.3 Å². The third-order valence-electron chi connectivity index (χ3n) is 4.60. The maximum atomic E-state index is 13.2. The Bertz CT molecular complexity index is 1270. The Labute approximate surface area is 193 Å². The van der Waals surface area contributed by atoms with Crippen molar-refractivity contribution in [3.8, 4) is 0 Å². The van der Waals surface area contributed by atoms with Gasteiger partial charge in [-0.15, -0.1) is 11.8 Å². The largest absolute Gasteiger partial charge is 0.418 e. The van der Waals surface area contributed by atoms with Crippen LogP contribution >= 0.6 is 11.8 Å². The van der Waals surface area contributed by atoms with Gasteiger partial charge in [-0.2, -0.15) is 18.3 Å². The first-order chi connectivity index (χ1) is 15.4. The topological polar surface area (TPSA) is 107 Å². The van der Waals surface area contributed by atoms with Crippen LogP contribution in [0.2, 0.25) is 0 Å². The lowest BCUT2D eigenvalue weighted by Crippen LogP contribution is -2.22. The first-order valence-corrected chi connectivity index (χ1v) is 12.2. The summed E-state index contributed by atoms with van der Waals surface area (Å²) in [5, 5.41) is 6.46. The number of benzene rings is 2. The lowest BCUT2D eigenvalue weighted by atomic mass is 10.1. The smallest absolute Gasteiger partial charge is 0.383 e. The molecule has 0 aliphatic heterocycles. The minimum absolute atomic E-state index is 0.0147. The quantitative estimate of drug-likeness (QED) is 0.469. The van der Waals surface area contributed by atoms with Crippen molar-refractivity contribution in [1.29, 1.82) is 0 Å². The van der Waals surface area contributed by atoms with Crippen molar-refractivity contribution < 1.29 is 26.4 Å². The molecule has 1 aromatic heterocycles. The van der Waals surface area contributed by atoms with Gasteiger partial charge in [-0.1, -0.05) is 36.8 Å². The van der Waals surface area contributed by atoms with Crippen LogP contribution in [-0.4, -0.2) is 29.9 Å². The second kappa shape index (κ2) is 9.48. The number of nitrogens with one attached hydrogen (secondary N) is 1. The molecule has 0 aliphatic rings. The molecular weight excluding hydrogens is 477 g/mol. The van der Waals surface area contributed by atoms with Crippen LogP contribution in [-0.2, 0) is 27.4 Å². The van der Waals surface area contributed by atoms with Gasteiger partial charge in [-0.3, -0.25) is 4.79 Å². The highest BCUT2D eigenvalue weighted by Gasteiger charge is 2.34. The van der Waals surface area contributed by atoms with Crippen molar-refractivity contribution in [3.63, 3.8) is 0 Å². The molecule has 0 aliphatic carbocycles. The van der Waals surface area contributed by atoms with Crippen molar-refractivity contribution in [3.05, 3.63) is 59.7 Å². The number of sulfone groups is 1. The maximum absolute atomic E-state index is 13.2. The van der Waals surface area contributed by atoms with Crippen LogP contribution in [0.4, 0.5) is 24.7 Å². The number of carbonyl (C=O) groups excluding carboxylic acids is 1. The van der Waals surface area contributed by atoms with Gasteiger partial charge in [0.2, 0.25) is 15.7 Å². The molecule has 33 heavy (non-hydrogen) atoms. The number of hydrogen-bond donors (Lipinski definition) is 2. The number of aromatic nitrogens is 2. The van der Waals surface area contributed by atoms with Crippen molar-refractivity contribution >= 4 is 39.0 Å². The highest BCUT2D eigenvalue weighted by Crippen LogP contribution is 2.36. The Morgan fingerprint density at radius 2 is 1.79 bits per heavy atom. The van der Waals surface area contributed by atoms with Crippen LogP contribution in [0.15, 0.2) is 63.3 Å². The lowest BCUT2D eigenvalue weighted by Gasteiger charge is -2.13. The van der Waals surface area contributed by atoms with Crippen LogP contribution in [0.3, 0.4) is 0 Å². The fraction of sp³-hybridized carbons (Fsp3) is 0.238. The molecule has 3 N–H and O–H groups in total. The number of rotatable bonds is 7. The maximum Gasteiger partial charge on any atom is 0.418 e. The van der Waals surface area contributed by atoms with E-state index in [-0.39, 0.29) is 20.6 Å². The van der Waals surface area contributed by atoms with E-state index in [4.69, 9.17) is 5.73 Å². The normalized spacial score (nSPS) is 12.0. The second-order valence-corrected chi connectivity index (χ2v) is 10.2. The molecule has 7 nitrogen and oxygen atoms in total. The molecule has 0 atom stereocenters. The second-order valence-electron chi connectivity index (χ2n) is 7.02. The highest BCUT2D eigenvalue weighted by atomic mass is 32.2. The predicted octanol–water partition coefficient (Wildman–Crippen LogP) is 4.38. The molecular formula is C21H21F3N4O3S2. The average molecular weight is 499 g/mol. The molecule has 0 bridgehead atoms. The lowest BCUT2D eigenvalue weighted by molar-refractivity contribution is -0.137. The van der Waals surface area contributed by atoms with E-state index >= 15 is 0 Å². The molecule has 0 fully saturated rings. The van der Waals surface area contributed by atoms with Crippen molar-refractivity contribution in [2.75, 3.05) is 16.8 Å². The molecule has 3 rings (SSSR count). The van der Waals surface area contributed by atoms with Gasteiger partial charge in [0, 0.05) is 0 Å². The summed E-state index contributed by atoms with van der Waals surface area (Å²) >= 11 is 1.13. The zero-order valence-electron chi connectivity index (χ0n) is 17.7. The molecule has 3 aromatic rings. The number of nitrogens with two attached hydrogens (primary N) is 1. The minimum atomic E-state index is -4.66. The SMILES string of the molecule is CCSc1nn(CC(=O)Nc2ccccc2C(F)(F)F)c(N)c1S(=O)(=O)c1ccc(C)cc1. The van der Waals surface area contributed by atoms with E-state index in [2.05, 4.69) is 10.4 Å². The third-order valence-corrected chi connectivity index (χ3v) is 7.41. The Hall–Kier alpha value is -2.99. The van der Waals surface area contributed by atoms with E-state index < -0.39 is 39.7 Å². The monoisotopic (exact) mass is 498 g/mol. The van der Waals surface area contributed by atoms with Crippen LogP contribution < -0.4 is 11.1 Å². The molecule has 0 unspecified atom stereocenters. The minimum Gasteiger partial charge on any atom is -0.383 e. The van der Waals surface area contributed by atoms with Gasteiger partial charge in [0.15, 0.2) is 0 Å². The number of amides is 1. The fourth-order valence-electron chi connectivity index (χ4n) is 3.04. The van der Waals surface area contributed by atoms with Crippen molar-refractivity contribution in [1.82, 2.24) is 9.78 Å². The highest BCUT2D eigenvalue weighted by molar-refractivity contribution is 8.00. The summed E-state index contributed by atoms with van der Waals surface area (Å²) in [7, 11) is -4.05. The molecule has 176 valence electrons. The number of para-hydroxylation sites is 1. The number of nitrogen functional groups attached to an aromatic ring is 1. The van der Waals surface area contributed by atoms with E-state index in [0.717, 1.165) is 34.1 Å². The van der Waals surface area contributed by atoms with Crippen LogP contribution in [0, 0.1) is 6.92 Å². The molecule has 0 saturated carbocycles. The van der Waals surface area contributed by atoms with E-state index in [9.17, 15) is 26.4 Å². The number of anilines is 2. The third kappa shape index (κ3) is 5.33. The molecule has 2 aromatic carbocycles. The summed E-state index contributed by atoms with van der Waals surface area (Å²) in [4.78, 5) is 12.3. The Morgan fingerprint density at radius 1 is 1.15 bits per heavy atom. The van der Waals surface area contributed by atoms with Gasteiger partial charge < -0.3 is 11.1 Å². The number of nitrogens with zero attached hydrogens (tertiary/aromatic N) is 2. The summed E-state index contributed by atoms with van der Waals surface area (Å²) in [6, 6.07) is 10.7. The summed E-state index contributed by atoms with van der Waals surface area (Å²) in [5.74, 6) is -0.628. The zero-order chi connectivity index (χ0) is 24.4. The Morgan fingerprint density at radius 3 is 2.39 bits per heavy atom. The van der Waals surface area contributed by atoms with Gasteiger partial charge in [0.25, 0.3) is 0 Å². The number of aryl methyl sites for hydroxylation is 1. The summed E-state index contributed by atoms with van der Waals surface area (Å²) in [6.07, 6.45) is -4.66. The van der Waals surface area contributed by atoms with Gasteiger partial charge >= 0.3 is 6.18 Å². The number of alkyl halides is 3. The standard InChI is InChI=1S/C21H21F3N4O3S2/c1-3-32-20-18(33(30,31)14-10-8-13(2)9-11-14)19(25)28(27-20)12-17(29)26-16-7-5-4-6-15(16)21(22,23)24/h4-11H,3,12,25H2,1-2H3,(H,26,29). The van der Waals surface area contributed by atoms with Gasteiger partial charge in [-0.05, 0) is 36.9 Å². The van der Waals surface area contributed by atoms with Crippen LogP contribution in [0.25, 0.3) is 0 Å². The number of halogens is 3. The molecule has 1 heterocycles. The average Bonchev–Trinajstić information content (AvgIpc) is 3.03. The fourth-order valence-corrected chi connectivity index (χ4v) is 5.59. The van der Waals surface area contributed by atoms with E-state index in [1.54, 1.807) is 19.1 Å². The van der Waals surface area contributed by atoms with Crippen LogP contribution in [0.1, 0.15) is 18.1 Å². The van der Waals surface area contributed by atoms with Gasteiger partial charge in [-0.25, -0.2) is 13.1 Å². The number of thioether (sulfide) groups is 1. The van der Waals surface area contributed by atoms with Gasteiger partial charge in [0.1, 0.15) is 22.3 Å². The molecule has 1 amide bonds. The number of hydrogen-bond acceptors (Lipinski definition) is 6. The van der Waals surface area contributed by atoms with E-state index in [1.807, 2.05) is 6.92 Å². The zero-order valence-corrected chi connectivity index (χ0v) is 19.3. The van der Waals surface area contributed by atoms with E-state index in [0.29, 0.717) is 5.75 Å². The van der Waals surface area contributed by atoms with Crippen molar-refractivity contribution in [2.45, 2.75) is 41.4 Å². The molecule has 0 saturated heterocycles. The van der Waals surface area contributed by atoms with Crippen molar-refractivity contribution in [2.24, 2.45) is 0 Å². The molecule has 12 heteroatoms. The predicted molar refractivity (Wildman–Crippen MR) is 120 cm³/mol. The summed E-state index contributed by atoms with van der Waals surface area (Å²) < 4.78 is 67.0. The van der Waals surface area contributed by atoms with Gasteiger partial charge in [0.05, 0.1) is 16.1 Å².